The standard InChI is InChI=1S/C13H18N4O/c1-9-4-5-10(2)11(6-9)17(3)8-12-15-13(7-14)18-16-12/h4-6H,7-8,14H2,1-3H3. The van der Waals surface area contributed by atoms with Crippen molar-refractivity contribution in [3.05, 3.63) is 41.0 Å². The Morgan fingerprint density at radius 3 is 2.78 bits per heavy atom. The quantitative estimate of drug-likeness (QED) is 0.890. The maximum absolute atomic E-state index is 5.44. The van der Waals surface area contributed by atoms with E-state index in [1.807, 2.05) is 7.05 Å². The van der Waals surface area contributed by atoms with Crippen LogP contribution in [0.4, 0.5) is 5.69 Å². The van der Waals surface area contributed by atoms with Gasteiger partial charge in [0, 0.05) is 12.7 Å². The van der Waals surface area contributed by atoms with Crippen molar-refractivity contribution in [2.75, 3.05) is 11.9 Å². The summed E-state index contributed by atoms with van der Waals surface area (Å²) in [5.41, 5.74) is 9.08. The van der Waals surface area contributed by atoms with Crippen molar-refractivity contribution < 1.29 is 4.52 Å². The van der Waals surface area contributed by atoms with Gasteiger partial charge in [0.2, 0.25) is 5.89 Å². The molecule has 0 aliphatic heterocycles. The molecule has 1 aromatic heterocycles. The SMILES string of the molecule is Cc1ccc(C)c(N(C)Cc2noc(CN)n2)c1. The third-order valence-corrected chi connectivity index (χ3v) is 2.84. The van der Waals surface area contributed by atoms with Crippen LogP contribution in [0, 0.1) is 13.8 Å². The van der Waals surface area contributed by atoms with Gasteiger partial charge in [0.15, 0.2) is 5.82 Å². The van der Waals surface area contributed by atoms with Crippen LogP contribution in [0.25, 0.3) is 0 Å². The molecule has 0 bridgehead atoms. The zero-order valence-corrected chi connectivity index (χ0v) is 11.0. The highest BCUT2D eigenvalue weighted by Gasteiger charge is 2.10. The molecular formula is C13H18N4O. The van der Waals surface area contributed by atoms with E-state index in [1.165, 1.54) is 16.8 Å². The van der Waals surface area contributed by atoms with Gasteiger partial charge in [-0.15, -0.1) is 0 Å². The third kappa shape index (κ3) is 2.68. The lowest BCUT2D eigenvalue weighted by Crippen LogP contribution is -2.18. The normalized spacial score (nSPS) is 10.7. The van der Waals surface area contributed by atoms with Crippen LogP contribution in [-0.2, 0) is 13.1 Å². The number of nitrogens with zero attached hydrogens (tertiary/aromatic N) is 3. The van der Waals surface area contributed by atoms with Gasteiger partial charge in [-0.1, -0.05) is 17.3 Å². The molecule has 2 aromatic rings. The van der Waals surface area contributed by atoms with Crippen LogP contribution in [0.1, 0.15) is 22.8 Å². The summed E-state index contributed by atoms with van der Waals surface area (Å²) in [4.78, 5) is 6.31. The zero-order valence-electron chi connectivity index (χ0n) is 11.0. The van der Waals surface area contributed by atoms with Crippen LogP contribution in [0.3, 0.4) is 0 Å². The van der Waals surface area contributed by atoms with Gasteiger partial charge in [0.25, 0.3) is 0 Å². The van der Waals surface area contributed by atoms with Crippen LogP contribution in [0.5, 0.6) is 0 Å². The van der Waals surface area contributed by atoms with Crippen LogP contribution in [0.2, 0.25) is 0 Å². The van der Waals surface area contributed by atoms with Crippen molar-refractivity contribution in [2.24, 2.45) is 5.73 Å². The molecular weight excluding hydrogens is 228 g/mol. The number of aromatic nitrogens is 2. The second kappa shape index (κ2) is 5.18. The molecule has 0 saturated carbocycles. The van der Waals surface area contributed by atoms with Crippen molar-refractivity contribution in [3.63, 3.8) is 0 Å². The minimum atomic E-state index is 0.278. The molecule has 0 aliphatic carbocycles. The molecule has 0 aliphatic rings. The monoisotopic (exact) mass is 246 g/mol. The maximum atomic E-state index is 5.44. The van der Waals surface area contributed by atoms with Gasteiger partial charge in [-0.2, -0.15) is 4.98 Å². The summed E-state index contributed by atoms with van der Waals surface area (Å²) in [6, 6.07) is 6.37. The molecule has 5 heteroatoms. The highest BCUT2D eigenvalue weighted by Crippen LogP contribution is 2.21. The number of hydrogen-bond acceptors (Lipinski definition) is 5. The maximum Gasteiger partial charge on any atom is 0.240 e. The van der Waals surface area contributed by atoms with E-state index in [0.717, 1.165) is 0 Å². The van der Waals surface area contributed by atoms with Crippen molar-refractivity contribution in [1.82, 2.24) is 10.1 Å². The average Bonchev–Trinajstić information content (AvgIpc) is 2.80. The number of anilines is 1. The second-order valence-corrected chi connectivity index (χ2v) is 4.45. The number of hydrogen-bond donors (Lipinski definition) is 1. The highest BCUT2D eigenvalue weighted by molar-refractivity contribution is 5.54. The second-order valence-electron chi connectivity index (χ2n) is 4.45. The summed E-state index contributed by atoms with van der Waals surface area (Å²) in [7, 11) is 2.01. The van der Waals surface area contributed by atoms with E-state index in [4.69, 9.17) is 10.3 Å². The lowest BCUT2D eigenvalue weighted by molar-refractivity contribution is 0.374. The van der Waals surface area contributed by atoms with Gasteiger partial charge in [-0.3, -0.25) is 0 Å². The predicted octanol–water partition coefficient (Wildman–Crippen LogP) is 1.78. The van der Waals surface area contributed by atoms with Crippen molar-refractivity contribution >= 4 is 5.69 Å². The molecule has 0 spiro atoms. The number of nitrogens with two attached hydrogens (primary N) is 1. The van der Waals surface area contributed by atoms with Crippen LogP contribution >= 0.6 is 0 Å². The molecule has 96 valence electrons. The number of benzene rings is 1. The summed E-state index contributed by atoms with van der Waals surface area (Å²) in [6.45, 7) is 5.05. The summed E-state index contributed by atoms with van der Waals surface area (Å²) >= 11 is 0. The number of aryl methyl sites for hydroxylation is 2. The lowest BCUT2D eigenvalue weighted by atomic mass is 10.1. The fourth-order valence-electron chi connectivity index (χ4n) is 1.87. The first-order valence-corrected chi connectivity index (χ1v) is 5.90. The van der Waals surface area contributed by atoms with Gasteiger partial charge in [0.1, 0.15) is 0 Å². The molecule has 0 saturated heterocycles. The van der Waals surface area contributed by atoms with E-state index in [-0.39, 0.29) is 6.54 Å². The van der Waals surface area contributed by atoms with E-state index in [0.29, 0.717) is 18.3 Å². The Hall–Kier alpha value is -1.88. The summed E-state index contributed by atoms with van der Waals surface area (Å²) in [5.74, 6) is 1.12. The van der Waals surface area contributed by atoms with Gasteiger partial charge < -0.3 is 15.2 Å². The Labute approximate surface area is 107 Å². The molecule has 2 N–H and O–H groups in total. The van der Waals surface area contributed by atoms with Crippen molar-refractivity contribution in [3.8, 4) is 0 Å². The van der Waals surface area contributed by atoms with E-state index in [1.54, 1.807) is 0 Å². The van der Waals surface area contributed by atoms with Crippen molar-refractivity contribution in [2.45, 2.75) is 26.9 Å². The summed E-state index contributed by atoms with van der Waals surface area (Å²) < 4.78 is 4.99. The molecule has 5 nitrogen and oxygen atoms in total. The Morgan fingerprint density at radius 2 is 2.11 bits per heavy atom. The molecule has 0 unspecified atom stereocenters. The fourth-order valence-corrected chi connectivity index (χ4v) is 1.87. The highest BCUT2D eigenvalue weighted by atomic mass is 16.5. The zero-order chi connectivity index (χ0) is 13.1. The first-order valence-electron chi connectivity index (χ1n) is 5.90. The largest absolute Gasteiger partial charge is 0.367 e. The van der Waals surface area contributed by atoms with Gasteiger partial charge in [0.05, 0.1) is 13.1 Å². The topological polar surface area (TPSA) is 68.2 Å². The molecule has 1 heterocycles. The smallest absolute Gasteiger partial charge is 0.240 e. The number of rotatable bonds is 4. The Balaban J connectivity index is 2.16. The molecule has 0 amide bonds. The lowest BCUT2D eigenvalue weighted by Gasteiger charge is -2.20. The third-order valence-electron chi connectivity index (χ3n) is 2.84. The molecule has 2 rings (SSSR count). The van der Waals surface area contributed by atoms with Gasteiger partial charge in [-0.05, 0) is 31.0 Å². The summed E-state index contributed by atoms with van der Waals surface area (Å²) in [5, 5.41) is 3.90. The Bertz CT molecular complexity index is 536. The fraction of sp³-hybridized carbons (Fsp3) is 0.385. The van der Waals surface area contributed by atoms with Crippen LogP contribution in [0.15, 0.2) is 22.7 Å². The Kier molecular flexibility index (Phi) is 3.62. The van der Waals surface area contributed by atoms with Crippen LogP contribution < -0.4 is 10.6 Å². The molecule has 0 radical (unpaired) electrons. The van der Waals surface area contributed by atoms with E-state index in [2.05, 4.69) is 47.1 Å². The first-order chi connectivity index (χ1) is 8.60. The average molecular weight is 246 g/mol. The molecule has 1 aromatic carbocycles. The first kappa shape index (κ1) is 12.6. The molecule has 0 atom stereocenters. The van der Waals surface area contributed by atoms with Crippen LogP contribution in [-0.4, -0.2) is 17.2 Å². The summed E-state index contributed by atoms with van der Waals surface area (Å²) in [6.07, 6.45) is 0. The minimum Gasteiger partial charge on any atom is -0.367 e. The minimum absolute atomic E-state index is 0.278. The van der Waals surface area contributed by atoms with Gasteiger partial charge in [-0.25, -0.2) is 0 Å². The van der Waals surface area contributed by atoms with Crippen molar-refractivity contribution in [1.29, 1.82) is 0 Å². The Morgan fingerprint density at radius 1 is 1.33 bits per heavy atom. The van der Waals surface area contributed by atoms with E-state index in [9.17, 15) is 0 Å². The predicted molar refractivity (Wildman–Crippen MR) is 70.2 cm³/mol. The van der Waals surface area contributed by atoms with Gasteiger partial charge >= 0.3 is 0 Å². The molecule has 0 fully saturated rings. The molecule has 18 heavy (non-hydrogen) atoms. The van der Waals surface area contributed by atoms with E-state index < -0.39 is 0 Å². The van der Waals surface area contributed by atoms with E-state index >= 15 is 0 Å².